The van der Waals surface area contributed by atoms with Gasteiger partial charge in [-0.2, -0.15) is 0 Å². The number of hydrogen-bond acceptors (Lipinski definition) is 7. The first-order chi connectivity index (χ1) is 13.1. The molecule has 0 fully saturated rings. The largest absolute Gasteiger partial charge is 0.493 e. The molecule has 148 valence electrons. The molecular weight excluding hydrogens is 371 g/mol. The van der Waals surface area contributed by atoms with E-state index in [2.05, 4.69) is 0 Å². The van der Waals surface area contributed by atoms with E-state index in [1.807, 2.05) is 4.98 Å². The molecule has 0 unspecified atom stereocenters. The van der Waals surface area contributed by atoms with Gasteiger partial charge >= 0.3 is 19.1 Å². The maximum Gasteiger partial charge on any atom is 0.492 e. The average molecular weight is 390 g/mol. The lowest BCUT2D eigenvalue weighted by Gasteiger charge is -2.19. The van der Waals surface area contributed by atoms with Crippen molar-refractivity contribution in [2.24, 2.45) is 0 Å². The van der Waals surface area contributed by atoms with Gasteiger partial charge in [0.15, 0.2) is 0 Å². The van der Waals surface area contributed by atoms with Crippen LogP contribution in [0.1, 0.15) is 39.6 Å². The Hall–Kier alpha value is -3.31. The SMILES string of the molecule is CCCOc1c(B(O)O)cc(C)cc1-c1c(C(=O)O)c(N)[nH]c(=O)c1C(=O)O. The third-order valence-corrected chi connectivity index (χ3v) is 3.93. The number of nitrogen functional groups attached to an aromatic ring is 1. The minimum Gasteiger partial charge on any atom is -0.493 e. The quantitative estimate of drug-likeness (QED) is 0.349. The smallest absolute Gasteiger partial charge is 0.492 e. The van der Waals surface area contributed by atoms with Crippen molar-refractivity contribution in [1.29, 1.82) is 0 Å². The lowest BCUT2D eigenvalue weighted by atomic mass is 9.76. The highest BCUT2D eigenvalue weighted by atomic mass is 16.5. The van der Waals surface area contributed by atoms with Gasteiger partial charge in [-0.05, 0) is 19.4 Å². The number of carboxylic acids is 2. The van der Waals surface area contributed by atoms with Crippen LogP contribution in [-0.2, 0) is 0 Å². The molecule has 28 heavy (non-hydrogen) atoms. The zero-order valence-corrected chi connectivity index (χ0v) is 15.1. The first kappa shape index (κ1) is 21.0. The number of aromatic carboxylic acids is 2. The van der Waals surface area contributed by atoms with Crippen molar-refractivity contribution in [2.45, 2.75) is 20.3 Å². The van der Waals surface area contributed by atoms with E-state index in [9.17, 15) is 34.6 Å². The summed E-state index contributed by atoms with van der Waals surface area (Å²) in [6.07, 6.45) is 0.531. The number of carbonyl (C=O) groups is 2. The molecule has 1 heterocycles. The summed E-state index contributed by atoms with van der Waals surface area (Å²) in [5.74, 6) is -3.92. The van der Waals surface area contributed by atoms with Gasteiger partial charge in [0.05, 0.1) is 6.61 Å². The Morgan fingerprint density at radius 1 is 1.18 bits per heavy atom. The number of nitrogens with two attached hydrogens (primary N) is 1. The summed E-state index contributed by atoms with van der Waals surface area (Å²) in [6.45, 7) is 3.50. The van der Waals surface area contributed by atoms with Crippen molar-refractivity contribution in [3.8, 4) is 16.9 Å². The van der Waals surface area contributed by atoms with Gasteiger partial charge in [-0.1, -0.05) is 18.6 Å². The number of H-pyrrole nitrogens is 1. The monoisotopic (exact) mass is 390 g/mol. The average Bonchev–Trinajstić information content (AvgIpc) is 2.58. The van der Waals surface area contributed by atoms with Crippen LogP contribution in [0.4, 0.5) is 5.82 Å². The fourth-order valence-electron chi connectivity index (χ4n) is 2.86. The molecule has 7 N–H and O–H groups in total. The number of aryl methyl sites for hydroxylation is 1. The highest BCUT2D eigenvalue weighted by Crippen LogP contribution is 2.36. The predicted molar refractivity (Wildman–Crippen MR) is 101 cm³/mol. The Bertz CT molecular complexity index is 1000. The van der Waals surface area contributed by atoms with E-state index in [4.69, 9.17) is 10.5 Å². The summed E-state index contributed by atoms with van der Waals surface area (Å²) < 4.78 is 5.58. The van der Waals surface area contributed by atoms with Crippen LogP contribution < -0.4 is 21.5 Å². The van der Waals surface area contributed by atoms with Gasteiger partial charge < -0.3 is 35.7 Å². The van der Waals surface area contributed by atoms with E-state index >= 15 is 0 Å². The van der Waals surface area contributed by atoms with E-state index in [-0.39, 0.29) is 23.4 Å². The number of rotatable bonds is 7. The molecule has 0 saturated carbocycles. The lowest BCUT2D eigenvalue weighted by molar-refractivity contribution is 0.0695. The second-order valence-electron chi connectivity index (χ2n) is 6.06. The Morgan fingerprint density at radius 3 is 2.29 bits per heavy atom. The zero-order chi connectivity index (χ0) is 21.2. The van der Waals surface area contributed by atoms with Gasteiger partial charge in [0.25, 0.3) is 5.56 Å². The number of nitrogens with one attached hydrogen (secondary N) is 1. The van der Waals surface area contributed by atoms with Crippen LogP contribution >= 0.6 is 0 Å². The van der Waals surface area contributed by atoms with Gasteiger partial charge in [0.2, 0.25) is 0 Å². The summed E-state index contributed by atoms with van der Waals surface area (Å²) in [6, 6.07) is 2.79. The molecule has 0 atom stereocenters. The Balaban J connectivity index is 3.08. The van der Waals surface area contributed by atoms with Crippen LogP contribution in [0, 0.1) is 6.92 Å². The van der Waals surface area contributed by atoms with Crippen molar-refractivity contribution in [2.75, 3.05) is 12.3 Å². The maximum absolute atomic E-state index is 12.2. The minimum absolute atomic E-state index is 0.0934. The molecule has 0 aliphatic heterocycles. The van der Waals surface area contributed by atoms with Gasteiger partial charge in [0.1, 0.15) is 22.7 Å². The topological polar surface area (TPSA) is 183 Å². The normalized spacial score (nSPS) is 10.6. The van der Waals surface area contributed by atoms with Crippen LogP contribution in [0.3, 0.4) is 0 Å². The lowest BCUT2D eigenvalue weighted by Crippen LogP contribution is -2.33. The Morgan fingerprint density at radius 2 is 1.79 bits per heavy atom. The van der Waals surface area contributed by atoms with Crippen LogP contribution in [0.2, 0.25) is 0 Å². The van der Waals surface area contributed by atoms with Crippen molar-refractivity contribution < 1.29 is 34.6 Å². The van der Waals surface area contributed by atoms with Crippen molar-refractivity contribution in [3.63, 3.8) is 0 Å². The first-order valence-corrected chi connectivity index (χ1v) is 8.26. The van der Waals surface area contributed by atoms with E-state index in [0.29, 0.717) is 12.0 Å². The summed E-state index contributed by atoms with van der Waals surface area (Å²) in [7, 11) is -1.98. The second-order valence-corrected chi connectivity index (χ2v) is 6.06. The third kappa shape index (κ3) is 3.85. The second kappa shape index (κ2) is 8.15. The van der Waals surface area contributed by atoms with Gasteiger partial charge in [0, 0.05) is 16.6 Å². The Kier molecular flexibility index (Phi) is 6.11. The molecule has 2 aromatic rings. The maximum atomic E-state index is 12.2. The zero-order valence-electron chi connectivity index (χ0n) is 15.1. The fourth-order valence-corrected chi connectivity index (χ4v) is 2.86. The van der Waals surface area contributed by atoms with Crippen molar-refractivity contribution >= 4 is 30.3 Å². The molecule has 0 spiro atoms. The van der Waals surface area contributed by atoms with Crippen LogP contribution in [0.5, 0.6) is 5.75 Å². The number of hydrogen-bond donors (Lipinski definition) is 6. The molecule has 0 aliphatic carbocycles. The van der Waals surface area contributed by atoms with E-state index in [1.165, 1.54) is 12.1 Å². The molecule has 0 saturated heterocycles. The molecular formula is C17H19BN2O8. The van der Waals surface area contributed by atoms with Gasteiger partial charge in [-0.15, -0.1) is 0 Å². The number of benzene rings is 1. The molecule has 10 nitrogen and oxygen atoms in total. The molecule has 0 radical (unpaired) electrons. The van der Waals surface area contributed by atoms with Crippen molar-refractivity contribution in [1.82, 2.24) is 4.98 Å². The summed E-state index contributed by atoms with van der Waals surface area (Å²) in [5, 5.41) is 38.5. The minimum atomic E-state index is -1.98. The molecule has 1 aromatic heterocycles. The predicted octanol–water partition coefficient (Wildman–Crippen LogP) is -0.202. The van der Waals surface area contributed by atoms with Crippen LogP contribution in [0.25, 0.3) is 11.1 Å². The number of aromatic amines is 1. The first-order valence-electron chi connectivity index (χ1n) is 8.26. The molecule has 2 rings (SSSR count). The summed E-state index contributed by atoms with van der Waals surface area (Å²) in [5.41, 5.74) is 2.84. The highest BCUT2D eigenvalue weighted by molar-refractivity contribution is 6.60. The number of aromatic nitrogens is 1. The number of carboxylic acid groups (broad SMARTS) is 2. The summed E-state index contributed by atoms with van der Waals surface area (Å²) >= 11 is 0. The van der Waals surface area contributed by atoms with Crippen LogP contribution in [0.15, 0.2) is 16.9 Å². The number of anilines is 1. The number of pyridine rings is 1. The molecule has 0 aliphatic rings. The van der Waals surface area contributed by atoms with Crippen molar-refractivity contribution in [3.05, 3.63) is 39.2 Å². The third-order valence-electron chi connectivity index (χ3n) is 3.93. The molecule has 11 heteroatoms. The van der Waals surface area contributed by atoms with E-state index in [0.717, 1.165) is 0 Å². The molecule has 1 aromatic carbocycles. The van der Waals surface area contributed by atoms with Gasteiger partial charge in [-0.25, -0.2) is 9.59 Å². The highest BCUT2D eigenvalue weighted by Gasteiger charge is 2.31. The number of ether oxygens (including phenoxy) is 1. The standard InChI is InChI=1S/C17H19BN2O8/c1-3-4-28-13-8(5-7(2)6-9(13)18(26)27)10-11(16(22)23)14(19)20-15(21)12(10)17(24)25/h5-6,26-27H,3-4H2,1-2H3,(H,22,23)(H,24,25)(H3,19,20,21). The molecule has 0 bridgehead atoms. The fraction of sp³-hybridized carbons (Fsp3) is 0.235. The van der Waals surface area contributed by atoms with E-state index < -0.39 is 47.1 Å². The van der Waals surface area contributed by atoms with Crippen LogP contribution in [-0.4, -0.2) is 50.9 Å². The summed E-state index contributed by atoms with van der Waals surface area (Å²) in [4.78, 5) is 37.8. The van der Waals surface area contributed by atoms with Gasteiger partial charge in [-0.3, -0.25) is 4.79 Å². The Labute approximate surface area is 159 Å². The molecule has 0 amide bonds. The van der Waals surface area contributed by atoms with E-state index in [1.54, 1.807) is 13.8 Å².